The molecule has 0 radical (unpaired) electrons. The van der Waals surface area contributed by atoms with Crippen LogP contribution >= 0.6 is 11.6 Å². The van der Waals surface area contributed by atoms with E-state index in [2.05, 4.69) is 32.9 Å². The summed E-state index contributed by atoms with van der Waals surface area (Å²) < 4.78 is 0. The second-order valence-corrected chi connectivity index (χ2v) is 4.76. The second kappa shape index (κ2) is 5.41. The smallest absolute Gasteiger partial charge is 0.0437 e. The topological polar surface area (TPSA) is 0 Å². The highest BCUT2D eigenvalue weighted by atomic mass is 35.5. The molecule has 0 aliphatic heterocycles. The quantitative estimate of drug-likeness (QED) is 0.683. The van der Waals surface area contributed by atoms with Crippen LogP contribution in [0, 0.1) is 11.8 Å². The third-order valence-electron chi connectivity index (χ3n) is 2.96. The van der Waals surface area contributed by atoms with E-state index < -0.39 is 0 Å². The van der Waals surface area contributed by atoms with E-state index in [9.17, 15) is 0 Å². The fourth-order valence-corrected chi connectivity index (χ4v) is 1.65. The van der Waals surface area contributed by atoms with E-state index >= 15 is 0 Å². The van der Waals surface area contributed by atoms with Crippen molar-refractivity contribution in [1.29, 1.82) is 0 Å². The minimum Gasteiger partial charge on any atom is -0.0840 e. The minimum absolute atomic E-state index is 0.762. The molecule has 0 nitrogen and oxygen atoms in total. The van der Waals surface area contributed by atoms with Crippen LogP contribution in [0.3, 0.4) is 0 Å². The molecule has 1 aromatic carbocycles. The van der Waals surface area contributed by atoms with Gasteiger partial charge in [0.15, 0.2) is 0 Å². The Kier molecular flexibility index (Phi) is 4.47. The van der Waals surface area contributed by atoms with Gasteiger partial charge in [0.2, 0.25) is 0 Å². The van der Waals surface area contributed by atoms with Gasteiger partial charge in [-0.15, -0.1) is 0 Å². The molecule has 0 amide bonds. The maximum atomic E-state index is 6.09. The van der Waals surface area contributed by atoms with Crippen LogP contribution < -0.4 is 0 Å². The summed E-state index contributed by atoms with van der Waals surface area (Å²) in [7, 11) is 0. The van der Waals surface area contributed by atoms with Crippen LogP contribution in [0.2, 0.25) is 5.02 Å². The van der Waals surface area contributed by atoms with Gasteiger partial charge in [-0.05, 0) is 36.3 Å². The molecular formula is C13H19Cl. The first-order valence-electron chi connectivity index (χ1n) is 5.34. The molecule has 0 bridgehead atoms. The van der Waals surface area contributed by atoms with Gasteiger partial charge in [0.25, 0.3) is 0 Å². The Morgan fingerprint density at radius 3 is 2.36 bits per heavy atom. The standard InChI is InChI=1S/C13H19Cl/c1-10(2)11(3)8-9-12-6-4-5-7-13(12)14/h4-7,10-11H,8-9H2,1-3H3. The van der Waals surface area contributed by atoms with Crippen molar-refractivity contribution < 1.29 is 0 Å². The Morgan fingerprint density at radius 2 is 1.79 bits per heavy atom. The van der Waals surface area contributed by atoms with Gasteiger partial charge < -0.3 is 0 Å². The lowest BCUT2D eigenvalue weighted by Gasteiger charge is -2.15. The summed E-state index contributed by atoms with van der Waals surface area (Å²) in [6, 6.07) is 8.13. The Morgan fingerprint density at radius 1 is 1.14 bits per heavy atom. The van der Waals surface area contributed by atoms with Crippen molar-refractivity contribution in [3.63, 3.8) is 0 Å². The molecule has 0 aromatic heterocycles. The Hall–Kier alpha value is -0.490. The van der Waals surface area contributed by atoms with Gasteiger partial charge >= 0.3 is 0 Å². The van der Waals surface area contributed by atoms with Crippen LogP contribution in [0.5, 0.6) is 0 Å². The molecule has 1 atom stereocenters. The van der Waals surface area contributed by atoms with Crippen molar-refractivity contribution in [3.05, 3.63) is 34.9 Å². The van der Waals surface area contributed by atoms with E-state index in [4.69, 9.17) is 11.6 Å². The number of rotatable bonds is 4. The van der Waals surface area contributed by atoms with Crippen LogP contribution in [0.15, 0.2) is 24.3 Å². The van der Waals surface area contributed by atoms with E-state index in [1.807, 2.05) is 12.1 Å². The van der Waals surface area contributed by atoms with Crippen molar-refractivity contribution in [3.8, 4) is 0 Å². The van der Waals surface area contributed by atoms with Crippen LogP contribution in [0.25, 0.3) is 0 Å². The van der Waals surface area contributed by atoms with Crippen molar-refractivity contribution in [2.24, 2.45) is 11.8 Å². The molecule has 0 saturated heterocycles. The Labute approximate surface area is 92.3 Å². The molecule has 1 unspecified atom stereocenters. The minimum atomic E-state index is 0.762. The predicted molar refractivity (Wildman–Crippen MR) is 63.8 cm³/mol. The maximum absolute atomic E-state index is 6.09. The molecule has 0 saturated carbocycles. The third kappa shape index (κ3) is 3.34. The summed E-state index contributed by atoms with van der Waals surface area (Å²) in [5, 5.41) is 0.906. The van der Waals surface area contributed by atoms with Gasteiger partial charge in [-0.1, -0.05) is 50.6 Å². The maximum Gasteiger partial charge on any atom is 0.0437 e. The van der Waals surface area contributed by atoms with E-state index in [-0.39, 0.29) is 0 Å². The van der Waals surface area contributed by atoms with Crippen LogP contribution in [-0.4, -0.2) is 0 Å². The van der Waals surface area contributed by atoms with Crippen LogP contribution in [0.4, 0.5) is 0 Å². The first kappa shape index (κ1) is 11.6. The molecule has 14 heavy (non-hydrogen) atoms. The van der Waals surface area contributed by atoms with Gasteiger partial charge in [-0.3, -0.25) is 0 Å². The van der Waals surface area contributed by atoms with Gasteiger partial charge in [0.1, 0.15) is 0 Å². The summed E-state index contributed by atoms with van der Waals surface area (Å²) in [6.07, 6.45) is 2.32. The number of hydrogen-bond donors (Lipinski definition) is 0. The molecule has 1 heteroatoms. The van der Waals surface area contributed by atoms with Crippen LogP contribution in [-0.2, 0) is 6.42 Å². The summed E-state index contributed by atoms with van der Waals surface area (Å²) in [5.41, 5.74) is 1.28. The lowest BCUT2D eigenvalue weighted by atomic mass is 9.91. The summed E-state index contributed by atoms with van der Waals surface area (Å²) >= 11 is 6.09. The fraction of sp³-hybridized carbons (Fsp3) is 0.538. The second-order valence-electron chi connectivity index (χ2n) is 4.35. The van der Waals surface area contributed by atoms with Crippen molar-refractivity contribution >= 4 is 11.6 Å². The van der Waals surface area contributed by atoms with Gasteiger partial charge in [-0.25, -0.2) is 0 Å². The van der Waals surface area contributed by atoms with Gasteiger partial charge in [-0.2, -0.15) is 0 Å². The zero-order valence-electron chi connectivity index (χ0n) is 9.26. The third-order valence-corrected chi connectivity index (χ3v) is 3.33. The molecule has 0 fully saturated rings. The largest absolute Gasteiger partial charge is 0.0840 e. The van der Waals surface area contributed by atoms with E-state index in [0.29, 0.717) is 0 Å². The summed E-state index contributed by atoms with van der Waals surface area (Å²) in [5.74, 6) is 1.53. The monoisotopic (exact) mass is 210 g/mol. The summed E-state index contributed by atoms with van der Waals surface area (Å²) in [4.78, 5) is 0. The number of benzene rings is 1. The van der Waals surface area contributed by atoms with Gasteiger partial charge in [0, 0.05) is 5.02 Å². The highest BCUT2D eigenvalue weighted by molar-refractivity contribution is 6.31. The van der Waals surface area contributed by atoms with Crippen LogP contribution in [0.1, 0.15) is 32.8 Å². The van der Waals surface area contributed by atoms with Crippen molar-refractivity contribution in [1.82, 2.24) is 0 Å². The molecule has 0 N–H and O–H groups in total. The van der Waals surface area contributed by atoms with Crippen molar-refractivity contribution in [2.45, 2.75) is 33.6 Å². The molecule has 0 aliphatic carbocycles. The lowest BCUT2D eigenvalue weighted by molar-refractivity contribution is 0.393. The molecule has 0 heterocycles. The van der Waals surface area contributed by atoms with E-state index in [1.54, 1.807) is 0 Å². The molecule has 0 spiro atoms. The predicted octanol–water partition coefficient (Wildman–Crippen LogP) is 4.56. The number of halogens is 1. The SMILES string of the molecule is CC(C)C(C)CCc1ccccc1Cl. The Balaban J connectivity index is 2.50. The molecule has 78 valence electrons. The van der Waals surface area contributed by atoms with Crippen molar-refractivity contribution in [2.75, 3.05) is 0 Å². The average molecular weight is 211 g/mol. The normalized spacial score (nSPS) is 13.2. The molecule has 1 aromatic rings. The highest BCUT2D eigenvalue weighted by Gasteiger charge is 2.07. The zero-order chi connectivity index (χ0) is 10.6. The Bertz CT molecular complexity index is 278. The highest BCUT2D eigenvalue weighted by Crippen LogP contribution is 2.21. The zero-order valence-corrected chi connectivity index (χ0v) is 10.0. The first-order valence-corrected chi connectivity index (χ1v) is 5.72. The number of aryl methyl sites for hydroxylation is 1. The summed E-state index contributed by atoms with van der Waals surface area (Å²) in [6.45, 7) is 6.86. The first-order chi connectivity index (χ1) is 6.61. The average Bonchev–Trinajstić information content (AvgIpc) is 2.16. The molecule has 0 aliphatic rings. The molecule has 1 rings (SSSR count). The number of hydrogen-bond acceptors (Lipinski definition) is 0. The fourth-order valence-electron chi connectivity index (χ4n) is 1.42. The van der Waals surface area contributed by atoms with E-state index in [1.165, 1.54) is 12.0 Å². The lowest BCUT2D eigenvalue weighted by Crippen LogP contribution is -2.05. The van der Waals surface area contributed by atoms with Gasteiger partial charge in [0.05, 0.1) is 0 Å². The molecular weight excluding hydrogens is 192 g/mol. The van der Waals surface area contributed by atoms with E-state index in [0.717, 1.165) is 23.3 Å².